The first-order valence-corrected chi connectivity index (χ1v) is 11.0. The van der Waals surface area contributed by atoms with Gasteiger partial charge in [-0.05, 0) is 18.6 Å². The largest absolute Gasteiger partial charge is 0.496 e. The van der Waals surface area contributed by atoms with E-state index in [9.17, 15) is 9.59 Å². The van der Waals surface area contributed by atoms with Crippen LogP contribution in [0.5, 0.6) is 5.75 Å². The number of nitrogens with zero attached hydrogens (tertiary/aromatic N) is 5. The van der Waals surface area contributed by atoms with E-state index in [4.69, 9.17) is 10.5 Å². The summed E-state index contributed by atoms with van der Waals surface area (Å²) in [6, 6.07) is 5.28. The van der Waals surface area contributed by atoms with E-state index < -0.39 is 0 Å². The Hall–Kier alpha value is -3.89. The number of unbranched alkanes of at least 4 members (excludes halogenated alkanes) is 1. The molecule has 1 saturated heterocycles. The lowest BCUT2D eigenvalue weighted by Gasteiger charge is -2.27. The maximum absolute atomic E-state index is 12.9. The molecule has 174 valence electrons. The number of piperazine rings is 1. The molecule has 1 aliphatic heterocycles. The molecule has 1 aromatic carbocycles. The molecule has 0 bridgehead atoms. The van der Waals surface area contributed by atoms with Crippen LogP contribution in [0, 0.1) is 0 Å². The van der Waals surface area contributed by atoms with Gasteiger partial charge in [0.1, 0.15) is 16.8 Å². The number of fused-ring (bicyclic) bond motifs is 1. The Bertz CT molecular complexity index is 1180. The summed E-state index contributed by atoms with van der Waals surface area (Å²) in [5.74, 6) is 1.02. The number of benzene rings is 1. The van der Waals surface area contributed by atoms with E-state index in [1.54, 1.807) is 30.1 Å². The normalized spacial score (nSPS) is 13.8. The van der Waals surface area contributed by atoms with Gasteiger partial charge in [-0.25, -0.2) is 4.98 Å². The van der Waals surface area contributed by atoms with Crippen molar-refractivity contribution in [2.45, 2.75) is 26.3 Å². The molecular weight excluding hydrogens is 424 g/mol. The third-order valence-electron chi connectivity index (χ3n) is 5.51. The average molecular weight is 453 g/mol. The van der Waals surface area contributed by atoms with Crippen LogP contribution >= 0.6 is 0 Å². The predicted molar refractivity (Wildman–Crippen MR) is 124 cm³/mol. The lowest BCUT2D eigenvalue weighted by Crippen LogP contribution is -2.49. The van der Waals surface area contributed by atoms with Gasteiger partial charge in [-0.2, -0.15) is 10.1 Å². The number of hydrogen-bond acceptors (Lipinski definition) is 8. The Balaban J connectivity index is 1.61. The molecule has 0 spiro atoms. The van der Waals surface area contributed by atoms with Gasteiger partial charge in [0.05, 0.1) is 26.4 Å². The predicted octanol–water partition coefficient (Wildman–Crippen LogP) is 1.25. The molecule has 3 aromatic rings. The molecule has 2 amide bonds. The molecule has 0 unspecified atom stereocenters. The van der Waals surface area contributed by atoms with Crippen LogP contribution < -0.4 is 21.1 Å². The fourth-order valence-corrected chi connectivity index (χ4v) is 3.81. The molecule has 0 saturated carbocycles. The Morgan fingerprint density at radius 2 is 2.18 bits per heavy atom. The summed E-state index contributed by atoms with van der Waals surface area (Å²) in [4.78, 5) is 34.7. The molecule has 11 nitrogen and oxygen atoms in total. The van der Waals surface area contributed by atoms with Gasteiger partial charge in [0, 0.05) is 30.8 Å². The Labute approximate surface area is 191 Å². The monoisotopic (exact) mass is 452 g/mol. The Morgan fingerprint density at radius 1 is 1.33 bits per heavy atom. The van der Waals surface area contributed by atoms with Crippen molar-refractivity contribution < 1.29 is 14.3 Å². The van der Waals surface area contributed by atoms with Crippen molar-refractivity contribution in [1.29, 1.82) is 0 Å². The van der Waals surface area contributed by atoms with Crippen molar-refractivity contribution in [2.24, 2.45) is 0 Å². The standard InChI is InChI=1S/C22H28N8O3/c1-3-4-7-25-20-19-16(27-22(23)28-20)11-26-30(19)12-15-6-5-14(10-17(15)33-2)21(32)29-9-8-24-18(31)13-29/h5-6,10-11H,3-4,7-9,12-13H2,1-2H3,(H,24,31)(H3,23,25,27,28). The van der Waals surface area contributed by atoms with Crippen molar-refractivity contribution in [3.63, 3.8) is 0 Å². The highest BCUT2D eigenvalue weighted by Crippen LogP contribution is 2.26. The first-order valence-electron chi connectivity index (χ1n) is 11.0. The lowest BCUT2D eigenvalue weighted by atomic mass is 10.1. The van der Waals surface area contributed by atoms with Crippen molar-refractivity contribution in [3.8, 4) is 5.75 Å². The van der Waals surface area contributed by atoms with Gasteiger partial charge in [0.15, 0.2) is 5.82 Å². The molecule has 4 rings (SSSR count). The van der Waals surface area contributed by atoms with Gasteiger partial charge >= 0.3 is 0 Å². The molecule has 1 fully saturated rings. The van der Waals surface area contributed by atoms with Gasteiger partial charge in [-0.1, -0.05) is 19.4 Å². The van der Waals surface area contributed by atoms with Crippen molar-refractivity contribution >= 4 is 34.6 Å². The number of anilines is 2. The van der Waals surface area contributed by atoms with E-state index in [0.29, 0.717) is 42.3 Å². The number of ether oxygens (including phenoxy) is 1. The van der Waals surface area contributed by atoms with Crippen molar-refractivity contribution in [1.82, 2.24) is 30.0 Å². The van der Waals surface area contributed by atoms with Crippen LogP contribution in [-0.4, -0.2) is 69.8 Å². The zero-order valence-corrected chi connectivity index (χ0v) is 18.8. The van der Waals surface area contributed by atoms with Crippen molar-refractivity contribution in [2.75, 3.05) is 44.3 Å². The molecule has 4 N–H and O–H groups in total. The zero-order chi connectivity index (χ0) is 23.4. The van der Waals surface area contributed by atoms with E-state index in [-0.39, 0.29) is 24.3 Å². The molecule has 33 heavy (non-hydrogen) atoms. The third-order valence-corrected chi connectivity index (χ3v) is 5.51. The Kier molecular flexibility index (Phi) is 6.57. The van der Waals surface area contributed by atoms with E-state index in [2.05, 4.69) is 32.6 Å². The number of amides is 2. The van der Waals surface area contributed by atoms with Crippen LogP contribution in [0.25, 0.3) is 11.0 Å². The number of carbonyl (C=O) groups is 2. The Morgan fingerprint density at radius 3 is 2.94 bits per heavy atom. The van der Waals surface area contributed by atoms with Gasteiger partial charge in [0.2, 0.25) is 11.9 Å². The molecule has 3 heterocycles. The topological polar surface area (TPSA) is 140 Å². The molecule has 0 radical (unpaired) electrons. The first-order chi connectivity index (χ1) is 16.0. The molecule has 0 atom stereocenters. The fourth-order valence-electron chi connectivity index (χ4n) is 3.81. The number of aromatic nitrogens is 4. The summed E-state index contributed by atoms with van der Waals surface area (Å²) in [7, 11) is 1.56. The minimum atomic E-state index is -0.203. The lowest BCUT2D eigenvalue weighted by molar-refractivity contribution is -0.123. The average Bonchev–Trinajstić information content (AvgIpc) is 3.21. The fraction of sp³-hybridized carbons (Fsp3) is 0.409. The number of rotatable bonds is 8. The van der Waals surface area contributed by atoms with Gasteiger partial charge in [0.25, 0.3) is 5.91 Å². The summed E-state index contributed by atoms with van der Waals surface area (Å²) in [6.45, 7) is 4.26. The van der Waals surface area contributed by atoms with Gasteiger partial charge < -0.3 is 26.0 Å². The molecule has 0 aliphatic carbocycles. The van der Waals surface area contributed by atoms with Crippen LogP contribution in [0.4, 0.5) is 11.8 Å². The second-order valence-corrected chi connectivity index (χ2v) is 7.85. The van der Waals surface area contributed by atoms with Crippen LogP contribution in [0.2, 0.25) is 0 Å². The number of hydrogen-bond donors (Lipinski definition) is 3. The minimum Gasteiger partial charge on any atom is -0.496 e. The maximum Gasteiger partial charge on any atom is 0.254 e. The van der Waals surface area contributed by atoms with Crippen LogP contribution in [0.15, 0.2) is 24.4 Å². The molecule has 2 aromatic heterocycles. The molecule has 1 aliphatic rings. The summed E-state index contributed by atoms with van der Waals surface area (Å²) < 4.78 is 7.37. The summed E-state index contributed by atoms with van der Waals surface area (Å²) in [5, 5.41) is 10.5. The first kappa shape index (κ1) is 22.3. The number of nitrogens with two attached hydrogens (primary N) is 1. The second-order valence-electron chi connectivity index (χ2n) is 7.85. The zero-order valence-electron chi connectivity index (χ0n) is 18.8. The maximum atomic E-state index is 12.9. The third kappa shape index (κ3) is 4.81. The number of nitrogens with one attached hydrogen (secondary N) is 2. The van der Waals surface area contributed by atoms with Crippen molar-refractivity contribution in [3.05, 3.63) is 35.5 Å². The highest BCUT2D eigenvalue weighted by atomic mass is 16.5. The molecular formula is C22H28N8O3. The van der Waals surface area contributed by atoms with Gasteiger partial charge in [-0.15, -0.1) is 0 Å². The highest BCUT2D eigenvalue weighted by molar-refractivity contribution is 5.97. The number of nitrogen functional groups attached to an aromatic ring is 1. The number of methoxy groups -OCH3 is 1. The quantitative estimate of drug-likeness (QED) is 0.434. The smallest absolute Gasteiger partial charge is 0.254 e. The van der Waals surface area contributed by atoms with E-state index in [0.717, 1.165) is 30.5 Å². The summed E-state index contributed by atoms with van der Waals surface area (Å²) in [5.41, 5.74) is 8.58. The SMILES string of the molecule is CCCCNc1nc(N)nc2cnn(Cc3ccc(C(=O)N4CCNC(=O)C4)cc3OC)c12. The summed E-state index contributed by atoms with van der Waals surface area (Å²) in [6.07, 6.45) is 3.71. The van der Waals surface area contributed by atoms with Crippen LogP contribution in [0.3, 0.4) is 0 Å². The van der Waals surface area contributed by atoms with Crippen LogP contribution in [0.1, 0.15) is 35.7 Å². The summed E-state index contributed by atoms with van der Waals surface area (Å²) >= 11 is 0. The van der Waals surface area contributed by atoms with E-state index in [1.807, 2.05) is 6.07 Å². The van der Waals surface area contributed by atoms with E-state index >= 15 is 0 Å². The van der Waals surface area contributed by atoms with Crippen LogP contribution in [-0.2, 0) is 11.3 Å². The second kappa shape index (κ2) is 9.72. The van der Waals surface area contributed by atoms with Gasteiger partial charge in [-0.3, -0.25) is 14.3 Å². The minimum absolute atomic E-state index is 0.0547. The number of carbonyl (C=O) groups excluding carboxylic acids is 2. The van der Waals surface area contributed by atoms with E-state index in [1.165, 1.54) is 4.90 Å². The molecule has 11 heteroatoms. The highest BCUT2D eigenvalue weighted by Gasteiger charge is 2.23.